The lowest BCUT2D eigenvalue weighted by atomic mass is 9.92. The summed E-state index contributed by atoms with van der Waals surface area (Å²) in [6, 6.07) is 0.603. The Morgan fingerprint density at radius 1 is 1.30 bits per heavy atom. The summed E-state index contributed by atoms with van der Waals surface area (Å²) in [5.41, 5.74) is 0.975. The summed E-state index contributed by atoms with van der Waals surface area (Å²) in [5.74, 6) is 0. The maximum atomic E-state index is 12.0. The minimum atomic E-state index is -0.427. The second-order valence-electron chi connectivity index (χ2n) is 7.63. The molecule has 0 bridgehead atoms. The Morgan fingerprint density at radius 2 is 2.00 bits per heavy atom. The van der Waals surface area contributed by atoms with Gasteiger partial charge in [-0.15, -0.1) is 0 Å². The Kier molecular flexibility index (Phi) is 6.48. The second-order valence-corrected chi connectivity index (χ2v) is 7.63. The number of nitrogens with zero attached hydrogens (tertiary/aromatic N) is 1. The SMILES string of the molecule is COC1CCC(NCC2=CCN(C(=O)OC(C)(C)C)CC2)CC1. The summed E-state index contributed by atoms with van der Waals surface area (Å²) >= 11 is 0. The van der Waals surface area contributed by atoms with Gasteiger partial charge in [0.1, 0.15) is 5.60 Å². The van der Waals surface area contributed by atoms with Crippen LogP contribution in [-0.4, -0.2) is 55.5 Å². The molecule has 0 aromatic carbocycles. The molecule has 1 fully saturated rings. The summed E-state index contributed by atoms with van der Waals surface area (Å²) in [7, 11) is 1.81. The number of nitrogens with one attached hydrogen (secondary N) is 1. The maximum absolute atomic E-state index is 12.0. The Morgan fingerprint density at radius 3 is 2.52 bits per heavy atom. The molecule has 5 heteroatoms. The van der Waals surface area contributed by atoms with Crippen molar-refractivity contribution in [3.63, 3.8) is 0 Å². The van der Waals surface area contributed by atoms with E-state index in [-0.39, 0.29) is 6.09 Å². The molecule has 1 saturated carbocycles. The predicted octanol–water partition coefficient (Wildman–Crippen LogP) is 3.10. The van der Waals surface area contributed by atoms with Crippen LogP contribution in [0.3, 0.4) is 0 Å². The molecule has 1 amide bonds. The fraction of sp³-hybridized carbons (Fsp3) is 0.833. The van der Waals surface area contributed by atoms with Crippen molar-refractivity contribution in [2.45, 2.75) is 70.6 Å². The molecule has 23 heavy (non-hydrogen) atoms. The largest absolute Gasteiger partial charge is 0.444 e. The number of methoxy groups -OCH3 is 1. The fourth-order valence-corrected chi connectivity index (χ4v) is 3.14. The standard InChI is InChI=1S/C18H32N2O3/c1-18(2,3)23-17(21)20-11-9-14(10-12-20)13-19-15-5-7-16(22-4)8-6-15/h9,15-16,19H,5-8,10-13H2,1-4H3. The number of carbonyl (C=O) groups is 1. The van der Waals surface area contributed by atoms with Gasteiger partial charge in [-0.2, -0.15) is 0 Å². The number of ether oxygens (including phenoxy) is 2. The Balaban J connectivity index is 1.70. The molecular weight excluding hydrogens is 292 g/mol. The molecule has 1 heterocycles. The third kappa shape index (κ3) is 6.15. The van der Waals surface area contributed by atoms with Crippen LogP contribution in [-0.2, 0) is 9.47 Å². The van der Waals surface area contributed by atoms with Gasteiger partial charge in [0.05, 0.1) is 6.10 Å². The first-order valence-electron chi connectivity index (χ1n) is 8.79. The lowest BCUT2D eigenvalue weighted by molar-refractivity contribution is 0.0265. The van der Waals surface area contributed by atoms with Crippen molar-refractivity contribution in [1.82, 2.24) is 10.2 Å². The molecule has 0 aromatic heterocycles. The zero-order valence-electron chi connectivity index (χ0n) is 15.1. The van der Waals surface area contributed by atoms with Gasteiger partial charge < -0.3 is 19.7 Å². The van der Waals surface area contributed by atoms with Crippen molar-refractivity contribution in [3.8, 4) is 0 Å². The quantitative estimate of drug-likeness (QED) is 0.807. The third-order valence-corrected chi connectivity index (χ3v) is 4.58. The van der Waals surface area contributed by atoms with Gasteiger partial charge in [0, 0.05) is 32.8 Å². The zero-order chi connectivity index (χ0) is 16.9. The molecule has 0 spiro atoms. The molecule has 0 saturated heterocycles. The highest BCUT2D eigenvalue weighted by atomic mass is 16.6. The molecular formula is C18H32N2O3. The number of rotatable bonds is 4. The summed E-state index contributed by atoms with van der Waals surface area (Å²) in [5, 5.41) is 3.66. The lowest BCUT2D eigenvalue weighted by Crippen LogP contribution is -2.41. The van der Waals surface area contributed by atoms with Crippen LogP contribution in [0, 0.1) is 0 Å². The van der Waals surface area contributed by atoms with Crippen molar-refractivity contribution in [1.29, 1.82) is 0 Å². The van der Waals surface area contributed by atoms with E-state index in [1.165, 1.54) is 18.4 Å². The highest BCUT2D eigenvalue weighted by Gasteiger charge is 2.24. The van der Waals surface area contributed by atoms with E-state index in [4.69, 9.17) is 9.47 Å². The normalized spacial score (nSPS) is 25.9. The van der Waals surface area contributed by atoms with E-state index < -0.39 is 5.60 Å². The van der Waals surface area contributed by atoms with E-state index >= 15 is 0 Å². The number of amides is 1. The fourth-order valence-electron chi connectivity index (χ4n) is 3.14. The predicted molar refractivity (Wildman–Crippen MR) is 91.6 cm³/mol. The van der Waals surface area contributed by atoms with Crippen LogP contribution in [0.5, 0.6) is 0 Å². The maximum Gasteiger partial charge on any atom is 0.410 e. The Labute approximate surface area is 140 Å². The average molecular weight is 324 g/mol. The van der Waals surface area contributed by atoms with E-state index in [2.05, 4.69) is 11.4 Å². The molecule has 1 N–H and O–H groups in total. The van der Waals surface area contributed by atoms with E-state index in [0.29, 0.717) is 18.7 Å². The smallest absolute Gasteiger partial charge is 0.410 e. The minimum Gasteiger partial charge on any atom is -0.444 e. The monoisotopic (exact) mass is 324 g/mol. The van der Waals surface area contributed by atoms with Gasteiger partial charge in [0.2, 0.25) is 0 Å². The van der Waals surface area contributed by atoms with Crippen molar-refractivity contribution >= 4 is 6.09 Å². The first kappa shape index (κ1) is 18.3. The van der Waals surface area contributed by atoms with Gasteiger partial charge in [0.15, 0.2) is 0 Å². The molecule has 2 aliphatic rings. The molecule has 2 rings (SSSR count). The van der Waals surface area contributed by atoms with Gasteiger partial charge in [-0.05, 0) is 52.9 Å². The van der Waals surface area contributed by atoms with E-state index in [1.807, 2.05) is 27.9 Å². The Bertz CT molecular complexity index is 420. The van der Waals surface area contributed by atoms with Crippen LogP contribution >= 0.6 is 0 Å². The van der Waals surface area contributed by atoms with Crippen molar-refractivity contribution < 1.29 is 14.3 Å². The van der Waals surface area contributed by atoms with Gasteiger partial charge in [-0.25, -0.2) is 4.79 Å². The number of carbonyl (C=O) groups excluding carboxylic acids is 1. The number of hydrogen-bond donors (Lipinski definition) is 1. The number of hydrogen-bond acceptors (Lipinski definition) is 4. The highest BCUT2D eigenvalue weighted by molar-refractivity contribution is 5.68. The van der Waals surface area contributed by atoms with Crippen LogP contribution < -0.4 is 5.32 Å². The first-order valence-corrected chi connectivity index (χ1v) is 8.79. The van der Waals surface area contributed by atoms with E-state index in [0.717, 1.165) is 32.4 Å². The van der Waals surface area contributed by atoms with Crippen molar-refractivity contribution in [2.24, 2.45) is 0 Å². The van der Waals surface area contributed by atoms with Gasteiger partial charge in [0.25, 0.3) is 0 Å². The molecule has 0 aromatic rings. The van der Waals surface area contributed by atoms with Crippen LogP contribution in [0.25, 0.3) is 0 Å². The Hall–Kier alpha value is -1.07. The molecule has 0 atom stereocenters. The minimum absolute atomic E-state index is 0.210. The first-order chi connectivity index (χ1) is 10.9. The van der Waals surface area contributed by atoms with Gasteiger partial charge in [-0.1, -0.05) is 11.6 Å². The van der Waals surface area contributed by atoms with E-state index in [1.54, 1.807) is 4.90 Å². The van der Waals surface area contributed by atoms with Crippen molar-refractivity contribution in [3.05, 3.63) is 11.6 Å². The molecule has 1 aliphatic heterocycles. The van der Waals surface area contributed by atoms with Gasteiger partial charge >= 0.3 is 6.09 Å². The zero-order valence-corrected chi connectivity index (χ0v) is 15.1. The lowest BCUT2D eigenvalue weighted by Gasteiger charge is -2.31. The van der Waals surface area contributed by atoms with Crippen LogP contribution in [0.4, 0.5) is 4.79 Å². The molecule has 0 radical (unpaired) electrons. The van der Waals surface area contributed by atoms with Crippen LogP contribution in [0.2, 0.25) is 0 Å². The second kappa shape index (κ2) is 8.15. The third-order valence-electron chi connectivity index (χ3n) is 4.58. The topological polar surface area (TPSA) is 50.8 Å². The average Bonchev–Trinajstić information content (AvgIpc) is 2.52. The van der Waals surface area contributed by atoms with Gasteiger partial charge in [-0.3, -0.25) is 0 Å². The highest BCUT2D eigenvalue weighted by Crippen LogP contribution is 2.21. The summed E-state index contributed by atoms with van der Waals surface area (Å²) < 4.78 is 10.8. The molecule has 0 unspecified atom stereocenters. The summed E-state index contributed by atoms with van der Waals surface area (Å²) in [6.07, 6.45) is 8.02. The van der Waals surface area contributed by atoms with E-state index in [9.17, 15) is 4.79 Å². The molecule has 132 valence electrons. The molecule has 1 aliphatic carbocycles. The summed E-state index contributed by atoms with van der Waals surface area (Å²) in [4.78, 5) is 13.8. The van der Waals surface area contributed by atoms with Crippen LogP contribution in [0.1, 0.15) is 52.9 Å². The summed E-state index contributed by atoms with van der Waals surface area (Å²) in [6.45, 7) is 8.04. The molecule has 5 nitrogen and oxygen atoms in total. The van der Waals surface area contributed by atoms with Crippen molar-refractivity contribution in [2.75, 3.05) is 26.7 Å². The van der Waals surface area contributed by atoms with Crippen LogP contribution in [0.15, 0.2) is 11.6 Å².